The van der Waals surface area contributed by atoms with Crippen LogP contribution in [0.2, 0.25) is 0 Å². The highest BCUT2D eigenvalue weighted by Crippen LogP contribution is 2.37. The van der Waals surface area contributed by atoms with Crippen LogP contribution in [0.3, 0.4) is 0 Å². The number of fused-ring (bicyclic) bond motifs is 1. The summed E-state index contributed by atoms with van der Waals surface area (Å²) in [6.45, 7) is 3.57. The predicted octanol–water partition coefficient (Wildman–Crippen LogP) is 2.51. The third-order valence-corrected chi connectivity index (χ3v) is 6.74. The van der Waals surface area contributed by atoms with Crippen LogP contribution < -0.4 is 20.2 Å². The molecule has 3 aromatic rings. The average Bonchev–Trinajstić information content (AvgIpc) is 3.56. The van der Waals surface area contributed by atoms with Crippen LogP contribution in [0.5, 0.6) is 11.5 Å². The highest BCUT2D eigenvalue weighted by molar-refractivity contribution is 7.99. The fraction of sp³-hybridized carbons (Fsp3) is 0.261. The lowest BCUT2D eigenvalue weighted by Crippen LogP contribution is -2.49. The fourth-order valence-electron chi connectivity index (χ4n) is 3.71. The number of carbonyl (C=O) groups excluding carboxylic acids is 3. The normalized spacial score (nSPS) is 18.6. The Bertz CT molecular complexity index is 1310. The van der Waals surface area contributed by atoms with Gasteiger partial charge in [0.15, 0.2) is 22.5 Å². The van der Waals surface area contributed by atoms with E-state index < -0.39 is 23.4 Å². The first-order chi connectivity index (χ1) is 16.9. The van der Waals surface area contributed by atoms with Crippen LogP contribution in [0.1, 0.15) is 20.3 Å². The lowest BCUT2D eigenvalue weighted by atomic mass is 10.00. The second kappa shape index (κ2) is 8.95. The summed E-state index contributed by atoms with van der Waals surface area (Å²) in [5, 5.41) is 12.5. The van der Waals surface area contributed by atoms with Crippen molar-refractivity contribution in [3.63, 3.8) is 0 Å². The van der Waals surface area contributed by atoms with Crippen LogP contribution in [0.15, 0.2) is 53.7 Å². The summed E-state index contributed by atoms with van der Waals surface area (Å²) in [5.74, 6) is 0.723. The number of urea groups is 1. The monoisotopic (exact) mass is 494 g/mol. The van der Waals surface area contributed by atoms with Crippen LogP contribution in [0, 0.1) is 0 Å². The molecule has 2 N–H and O–H groups in total. The van der Waals surface area contributed by atoms with E-state index in [-0.39, 0.29) is 12.5 Å². The van der Waals surface area contributed by atoms with Gasteiger partial charge in [0.1, 0.15) is 5.54 Å². The molecule has 0 unspecified atom stereocenters. The van der Waals surface area contributed by atoms with Crippen molar-refractivity contribution in [1.82, 2.24) is 30.5 Å². The van der Waals surface area contributed by atoms with Crippen molar-refractivity contribution in [3.8, 4) is 28.6 Å². The van der Waals surface area contributed by atoms with E-state index >= 15 is 0 Å². The van der Waals surface area contributed by atoms with E-state index in [1.54, 1.807) is 13.8 Å². The average molecular weight is 495 g/mol. The Hall–Kier alpha value is -4.06. The minimum atomic E-state index is -1.04. The van der Waals surface area contributed by atoms with Crippen molar-refractivity contribution in [1.29, 1.82) is 0 Å². The molecule has 3 heterocycles. The SMILES string of the molecule is CC[C@]1(C)NC(=O)N(NC(=O)CSc2nnc(-c3ccc4c(c3)OCO4)n2-c2ccccc2)C1=O. The number of rotatable bonds is 7. The fourth-order valence-corrected chi connectivity index (χ4v) is 4.45. The van der Waals surface area contributed by atoms with E-state index in [1.807, 2.05) is 53.1 Å². The van der Waals surface area contributed by atoms with E-state index in [0.717, 1.165) is 28.0 Å². The van der Waals surface area contributed by atoms with Crippen molar-refractivity contribution < 1.29 is 23.9 Å². The number of thioether (sulfide) groups is 1. The lowest BCUT2D eigenvalue weighted by molar-refractivity contribution is -0.137. The van der Waals surface area contributed by atoms with E-state index in [9.17, 15) is 14.4 Å². The first-order valence-corrected chi connectivity index (χ1v) is 11.9. The summed E-state index contributed by atoms with van der Waals surface area (Å²) >= 11 is 1.13. The smallest absolute Gasteiger partial charge is 0.344 e. The molecule has 12 heteroatoms. The van der Waals surface area contributed by atoms with Gasteiger partial charge in [-0.2, -0.15) is 5.01 Å². The maximum absolute atomic E-state index is 12.6. The molecule has 1 fully saturated rings. The molecule has 0 aliphatic carbocycles. The molecule has 2 aliphatic heterocycles. The van der Waals surface area contributed by atoms with Gasteiger partial charge in [-0.05, 0) is 43.7 Å². The third-order valence-electron chi connectivity index (χ3n) is 5.82. The first kappa shape index (κ1) is 22.7. The lowest BCUT2D eigenvalue weighted by Gasteiger charge is -2.19. The standard InChI is InChI=1S/C23H22N6O5S/c1-3-23(2)20(31)29(21(32)24-23)27-18(30)12-35-22-26-25-19(28(22)15-7-5-4-6-8-15)14-9-10-16-17(11-14)34-13-33-16/h4-11H,3,12-13H2,1-2H3,(H,24,32)(H,27,30)/t23-/m0/s1. The molecule has 180 valence electrons. The van der Waals surface area contributed by atoms with Gasteiger partial charge in [-0.1, -0.05) is 36.9 Å². The minimum absolute atomic E-state index is 0.0913. The Kier molecular flexibility index (Phi) is 5.81. The van der Waals surface area contributed by atoms with Gasteiger partial charge in [-0.15, -0.1) is 10.2 Å². The van der Waals surface area contributed by atoms with Crippen molar-refractivity contribution in [3.05, 3.63) is 48.5 Å². The number of para-hydroxylation sites is 1. The molecule has 0 spiro atoms. The number of nitrogens with zero attached hydrogens (tertiary/aromatic N) is 4. The number of benzene rings is 2. The number of ether oxygens (including phenoxy) is 2. The quantitative estimate of drug-likeness (QED) is 0.379. The molecule has 0 bridgehead atoms. The number of hydrogen-bond acceptors (Lipinski definition) is 8. The van der Waals surface area contributed by atoms with E-state index in [1.165, 1.54) is 0 Å². The highest BCUT2D eigenvalue weighted by atomic mass is 32.2. The molecule has 35 heavy (non-hydrogen) atoms. The summed E-state index contributed by atoms with van der Waals surface area (Å²) in [6, 6.07) is 14.3. The molecular formula is C23H22N6O5S. The molecule has 0 saturated carbocycles. The summed E-state index contributed by atoms with van der Waals surface area (Å²) in [4.78, 5) is 37.3. The zero-order valence-corrected chi connectivity index (χ0v) is 19.8. The van der Waals surface area contributed by atoms with Gasteiger partial charge < -0.3 is 14.8 Å². The maximum atomic E-state index is 12.6. The molecule has 0 radical (unpaired) electrons. The molecule has 2 aliphatic rings. The second-order valence-electron chi connectivity index (χ2n) is 8.13. The second-order valence-corrected chi connectivity index (χ2v) is 9.07. The number of hydrazine groups is 1. The molecule has 1 aromatic heterocycles. The van der Waals surface area contributed by atoms with Crippen LogP contribution in [0.25, 0.3) is 17.1 Å². The third kappa shape index (κ3) is 4.16. The Balaban J connectivity index is 1.37. The first-order valence-electron chi connectivity index (χ1n) is 10.9. The van der Waals surface area contributed by atoms with Gasteiger partial charge in [0.25, 0.3) is 5.91 Å². The number of hydrogen-bond donors (Lipinski definition) is 2. The van der Waals surface area contributed by atoms with Gasteiger partial charge in [0, 0.05) is 11.3 Å². The summed E-state index contributed by atoms with van der Waals surface area (Å²) < 4.78 is 12.7. The van der Waals surface area contributed by atoms with Crippen LogP contribution >= 0.6 is 11.8 Å². The van der Waals surface area contributed by atoms with Crippen molar-refractivity contribution in [2.75, 3.05) is 12.5 Å². The molecule has 4 amide bonds. The number of carbonyl (C=O) groups is 3. The molecular weight excluding hydrogens is 472 g/mol. The number of aromatic nitrogens is 3. The Morgan fingerprint density at radius 3 is 2.66 bits per heavy atom. The van der Waals surface area contributed by atoms with Crippen LogP contribution in [-0.4, -0.2) is 55.7 Å². The van der Waals surface area contributed by atoms with Crippen molar-refractivity contribution in [2.24, 2.45) is 0 Å². The molecule has 1 atom stereocenters. The number of nitrogens with one attached hydrogen (secondary N) is 2. The van der Waals surface area contributed by atoms with Gasteiger partial charge in [-0.3, -0.25) is 19.6 Å². The Morgan fingerprint density at radius 1 is 1.14 bits per heavy atom. The minimum Gasteiger partial charge on any atom is -0.454 e. The zero-order valence-electron chi connectivity index (χ0n) is 19.0. The van der Waals surface area contributed by atoms with Crippen molar-refractivity contribution in [2.45, 2.75) is 31.0 Å². The number of amides is 4. The maximum Gasteiger partial charge on any atom is 0.344 e. The van der Waals surface area contributed by atoms with Crippen LogP contribution in [0.4, 0.5) is 4.79 Å². The molecule has 11 nitrogen and oxygen atoms in total. The summed E-state index contributed by atoms with van der Waals surface area (Å²) in [5.41, 5.74) is 2.92. The number of imide groups is 1. The van der Waals surface area contributed by atoms with Gasteiger partial charge >= 0.3 is 6.03 Å². The predicted molar refractivity (Wildman–Crippen MR) is 126 cm³/mol. The van der Waals surface area contributed by atoms with E-state index in [4.69, 9.17) is 9.47 Å². The Labute approximate surface area is 204 Å². The molecule has 2 aromatic carbocycles. The molecule has 1 saturated heterocycles. The largest absolute Gasteiger partial charge is 0.454 e. The van der Waals surface area contributed by atoms with Crippen LogP contribution in [-0.2, 0) is 9.59 Å². The van der Waals surface area contributed by atoms with Gasteiger partial charge in [0.05, 0.1) is 5.75 Å². The zero-order chi connectivity index (χ0) is 24.6. The highest BCUT2D eigenvalue weighted by Gasteiger charge is 2.47. The Morgan fingerprint density at radius 2 is 1.91 bits per heavy atom. The van der Waals surface area contributed by atoms with E-state index in [0.29, 0.717) is 28.9 Å². The summed E-state index contributed by atoms with van der Waals surface area (Å²) in [7, 11) is 0. The van der Waals surface area contributed by atoms with Crippen molar-refractivity contribution >= 4 is 29.6 Å². The van der Waals surface area contributed by atoms with Gasteiger partial charge in [0.2, 0.25) is 12.7 Å². The topological polar surface area (TPSA) is 128 Å². The van der Waals surface area contributed by atoms with Gasteiger partial charge in [-0.25, -0.2) is 4.79 Å². The van der Waals surface area contributed by atoms with E-state index in [2.05, 4.69) is 20.9 Å². The summed E-state index contributed by atoms with van der Waals surface area (Å²) in [6.07, 6.45) is 0.404. The molecule has 5 rings (SSSR count).